The van der Waals surface area contributed by atoms with Gasteiger partial charge in [-0.15, -0.1) is 0 Å². The van der Waals surface area contributed by atoms with Crippen molar-refractivity contribution in [2.45, 2.75) is 32.1 Å². The van der Waals surface area contributed by atoms with E-state index in [1.54, 1.807) is 19.1 Å². The Morgan fingerprint density at radius 1 is 1.27 bits per heavy atom. The van der Waals surface area contributed by atoms with Crippen LogP contribution in [-0.4, -0.2) is 44.9 Å². The molecule has 0 unspecified atom stereocenters. The van der Waals surface area contributed by atoms with Crippen LogP contribution in [0, 0.1) is 13.8 Å². The minimum absolute atomic E-state index is 0.131. The standard InChI is InChI=1S/C15H22N2O4S/c1-4-21-13-8-12(3)14(9-11(13)2)22(19,20)17-7-5-6-16-15(18)10-17/h8-9H,4-7,10H2,1-3H3,(H,16,18). The Balaban J connectivity index is 2.40. The molecule has 1 aromatic rings. The Bertz CT molecular complexity index is 670. The highest BCUT2D eigenvalue weighted by Gasteiger charge is 2.29. The summed E-state index contributed by atoms with van der Waals surface area (Å²) in [6.45, 7) is 6.69. The molecule has 1 aliphatic rings. The summed E-state index contributed by atoms with van der Waals surface area (Å²) in [5.74, 6) is 0.425. The molecule has 2 rings (SSSR count). The van der Waals surface area contributed by atoms with Gasteiger partial charge in [0.15, 0.2) is 0 Å². The van der Waals surface area contributed by atoms with Crippen molar-refractivity contribution >= 4 is 15.9 Å². The summed E-state index contributed by atoms with van der Waals surface area (Å²) in [7, 11) is -3.69. The van der Waals surface area contributed by atoms with Gasteiger partial charge in [0.25, 0.3) is 0 Å². The quantitative estimate of drug-likeness (QED) is 0.902. The molecule has 122 valence electrons. The van der Waals surface area contributed by atoms with Gasteiger partial charge >= 0.3 is 0 Å². The van der Waals surface area contributed by atoms with Crippen molar-refractivity contribution in [2.24, 2.45) is 0 Å². The van der Waals surface area contributed by atoms with Crippen molar-refractivity contribution < 1.29 is 17.9 Å². The molecular weight excluding hydrogens is 304 g/mol. The lowest BCUT2D eigenvalue weighted by Crippen LogP contribution is -2.37. The van der Waals surface area contributed by atoms with Crippen molar-refractivity contribution in [2.75, 3.05) is 26.2 Å². The Morgan fingerprint density at radius 2 is 2.00 bits per heavy atom. The van der Waals surface area contributed by atoms with Crippen LogP contribution < -0.4 is 10.1 Å². The van der Waals surface area contributed by atoms with Gasteiger partial charge in [-0.05, 0) is 50.5 Å². The van der Waals surface area contributed by atoms with E-state index in [4.69, 9.17) is 4.74 Å². The predicted octanol–water partition coefficient (Wildman–Crippen LogP) is 1.21. The van der Waals surface area contributed by atoms with Crippen LogP contribution >= 0.6 is 0 Å². The van der Waals surface area contributed by atoms with Gasteiger partial charge in [-0.2, -0.15) is 4.31 Å². The first-order valence-electron chi connectivity index (χ1n) is 7.37. The maximum absolute atomic E-state index is 12.8. The molecule has 0 aliphatic carbocycles. The van der Waals surface area contributed by atoms with E-state index in [1.165, 1.54) is 4.31 Å². The summed E-state index contributed by atoms with van der Waals surface area (Å²) in [6, 6.07) is 3.36. The van der Waals surface area contributed by atoms with Gasteiger partial charge < -0.3 is 10.1 Å². The van der Waals surface area contributed by atoms with Crippen LogP contribution in [-0.2, 0) is 14.8 Å². The molecule has 22 heavy (non-hydrogen) atoms. The third kappa shape index (κ3) is 3.41. The SMILES string of the molecule is CCOc1cc(C)c(S(=O)(=O)N2CCCNC(=O)C2)cc1C. The third-order valence-electron chi connectivity index (χ3n) is 3.62. The minimum atomic E-state index is -3.69. The first-order valence-corrected chi connectivity index (χ1v) is 8.81. The monoisotopic (exact) mass is 326 g/mol. The van der Waals surface area contributed by atoms with Crippen LogP contribution in [0.1, 0.15) is 24.5 Å². The van der Waals surface area contributed by atoms with Crippen LogP contribution in [0.5, 0.6) is 5.75 Å². The summed E-state index contributed by atoms with van der Waals surface area (Å²) >= 11 is 0. The van der Waals surface area contributed by atoms with Gasteiger partial charge in [0.05, 0.1) is 18.0 Å². The Labute approximate surface area is 131 Å². The zero-order chi connectivity index (χ0) is 16.3. The topological polar surface area (TPSA) is 75.7 Å². The summed E-state index contributed by atoms with van der Waals surface area (Å²) in [5.41, 5.74) is 1.39. The average molecular weight is 326 g/mol. The number of amides is 1. The van der Waals surface area contributed by atoms with Crippen LogP contribution in [0.2, 0.25) is 0 Å². The lowest BCUT2D eigenvalue weighted by molar-refractivity contribution is -0.120. The zero-order valence-electron chi connectivity index (χ0n) is 13.2. The molecule has 1 saturated heterocycles. The molecule has 0 spiro atoms. The van der Waals surface area contributed by atoms with Gasteiger partial charge in [0, 0.05) is 13.1 Å². The third-order valence-corrected chi connectivity index (χ3v) is 5.60. The number of aryl methyl sites for hydroxylation is 2. The van der Waals surface area contributed by atoms with Crippen molar-refractivity contribution in [3.63, 3.8) is 0 Å². The summed E-state index contributed by atoms with van der Waals surface area (Å²) in [5, 5.41) is 2.68. The maximum Gasteiger partial charge on any atom is 0.243 e. The molecule has 7 heteroatoms. The molecule has 1 fully saturated rings. The zero-order valence-corrected chi connectivity index (χ0v) is 14.0. The van der Waals surface area contributed by atoms with E-state index in [2.05, 4.69) is 5.32 Å². The Morgan fingerprint density at radius 3 is 2.68 bits per heavy atom. The number of carbonyl (C=O) groups is 1. The second-order valence-corrected chi connectivity index (χ2v) is 7.26. The van der Waals surface area contributed by atoms with Crippen LogP contribution in [0.3, 0.4) is 0 Å². The number of nitrogens with zero attached hydrogens (tertiary/aromatic N) is 1. The number of ether oxygens (including phenoxy) is 1. The summed E-state index contributed by atoms with van der Waals surface area (Å²) in [6.07, 6.45) is 0.611. The number of carbonyl (C=O) groups excluding carboxylic acids is 1. The second kappa shape index (κ2) is 6.66. The largest absolute Gasteiger partial charge is 0.494 e. The van der Waals surface area contributed by atoms with Gasteiger partial charge in [0.2, 0.25) is 15.9 Å². The smallest absolute Gasteiger partial charge is 0.243 e. The molecule has 0 atom stereocenters. The maximum atomic E-state index is 12.8. The van der Waals surface area contributed by atoms with E-state index < -0.39 is 10.0 Å². The van der Waals surface area contributed by atoms with Crippen LogP contribution in [0.4, 0.5) is 0 Å². The molecule has 1 amide bonds. The molecule has 0 saturated carbocycles. The average Bonchev–Trinajstić information content (AvgIpc) is 2.67. The van der Waals surface area contributed by atoms with E-state index in [0.717, 1.165) is 5.56 Å². The molecule has 1 aromatic carbocycles. The minimum Gasteiger partial charge on any atom is -0.494 e. The molecular formula is C15H22N2O4S. The lowest BCUT2D eigenvalue weighted by Gasteiger charge is -2.21. The first-order chi connectivity index (χ1) is 10.4. The lowest BCUT2D eigenvalue weighted by atomic mass is 10.1. The fourth-order valence-electron chi connectivity index (χ4n) is 2.47. The molecule has 6 nitrogen and oxygen atoms in total. The number of sulfonamides is 1. The molecule has 1 N–H and O–H groups in total. The molecule has 1 aliphatic heterocycles. The van der Waals surface area contributed by atoms with Crippen molar-refractivity contribution in [3.8, 4) is 5.75 Å². The van der Waals surface area contributed by atoms with Gasteiger partial charge in [-0.25, -0.2) is 8.42 Å². The highest BCUT2D eigenvalue weighted by molar-refractivity contribution is 7.89. The Kier molecular flexibility index (Phi) is 5.08. The summed E-state index contributed by atoms with van der Waals surface area (Å²) in [4.78, 5) is 11.9. The van der Waals surface area contributed by atoms with Gasteiger partial charge in [-0.3, -0.25) is 4.79 Å². The van der Waals surface area contributed by atoms with Gasteiger partial charge in [-0.1, -0.05) is 0 Å². The number of hydrogen-bond donors (Lipinski definition) is 1. The highest BCUT2D eigenvalue weighted by atomic mass is 32.2. The molecule has 0 radical (unpaired) electrons. The number of benzene rings is 1. The fourth-order valence-corrected chi connectivity index (χ4v) is 4.20. The first kappa shape index (κ1) is 16.8. The van der Waals surface area contributed by atoms with E-state index in [1.807, 2.05) is 13.8 Å². The van der Waals surface area contributed by atoms with Crippen LogP contribution in [0.15, 0.2) is 17.0 Å². The predicted molar refractivity (Wildman–Crippen MR) is 83.5 cm³/mol. The molecule has 0 bridgehead atoms. The fraction of sp³-hybridized carbons (Fsp3) is 0.533. The van der Waals surface area contributed by atoms with Crippen molar-refractivity contribution in [1.29, 1.82) is 0 Å². The van der Waals surface area contributed by atoms with E-state index in [0.29, 0.717) is 37.4 Å². The van der Waals surface area contributed by atoms with Gasteiger partial charge in [0.1, 0.15) is 5.75 Å². The number of nitrogens with one attached hydrogen (secondary N) is 1. The number of hydrogen-bond acceptors (Lipinski definition) is 4. The van der Waals surface area contributed by atoms with E-state index in [9.17, 15) is 13.2 Å². The molecule has 1 heterocycles. The normalized spacial score (nSPS) is 17.0. The van der Waals surface area contributed by atoms with E-state index in [-0.39, 0.29) is 17.3 Å². The molecule has 0 aromatic heterocycles. The van der Waals surface area contributed by atoms with Crippen molar-refractivity contribution in [3.05, 3.63) is 23.3 Å². The summed E-state index contributed by atoms with van der Waals surface area (Å²) < 4.78 is 32.4. The second-order valence-electron chi connectivity index (χ2n) is 5.36. The van der Waals surface area contributed by atoms with Crippen LogP contribution in [0.25, 0.3) is 0 Å². The highest BCUT2D eigenvalue weighted by Crippen LogP contribution is 2.28. The van der Waals surface area contributed by atoms with Crippen molar-refractivity contribution in [1.82, 2.24) is 9.62 Å². The Hall–Kier alpha value is -1.60. The van der Waals surface area contributed by atoms with E-state index >= 15 is 0 Å². The number of rotatable bonds is 4.